The topological polar surface area (TPSA) is 71.1 Å². The van der Waals surface area contributed by atoms with Gasteiger partial charge in [-0.2, -0.15) is 74.6 Å². The van der Waals surface area contributed by atoms with Crippen LogP contribution in [0.25, 0.3) is 11.1 Å². The zero-order valence-corrected chi connectivity index (χ0v) is 33.5. The van der Waals surface area contributed by atoms with Crippen LogP contribution >= 0.6 is 0 Å². The smallest absolute Gasteiger partial charge is 0.460 e. The summed E-state index contributed by atoms with van der Waals surface area (Å²) in [6.45, 7) is 1.49. The first-order valence-corrected chi connectivity index (χ1v) is 19.1. The first kappa shape index (κ1) is 53.3. The van der Waals surface area contributed by atoms with E-state index in [9.17, 15) is 84.2 Å². The van der Waals surface area contributed by atoms with E-state index in [4.69, 9.17) is 14.2 Å². The highest BCUT2D eigenvalue weighted by molar-refractivity contribution is 5.91. The molecule has 0 saturated heterocycles. The number of benzene rings is 3. The molecule has 0 bridgehead atoms. The number of alkyl halides is 17. The number of halogens is 17. The van der Waals surface area contributed by atoms with Gasteiger partial charge in [0.1, 0.15) is 17.2 Å². The van der Waals surface area contributed by atoms with Crippen molar-refractivity contribution < 1.29 is 103 Å². The number of unbranched alkanes of at least 4 members (excludes halogenated alkanes) is 6. The average Bonchev–Trinajstić information content (AvgIpc) is 3.21. The van der Waals surface area contributed by atoms with Crippen molar-refractivity contribution in [3.8, 4) is 28.4 Å². The Morgan fingerprint density at radius 1 is 0.500 bits per heavy atom. The molecule has 6 nitrogen and oxygen atoms in total. The highest BCUT2D eigenvalue weighted by atomic mass is 19.4. The zero-order valence-electron chi connectivity index (χ0n) is 33.5. The fourth-order valence-electron chi connectivity index (χ4n) is 5.55. The van der Waals surface area contributed by atoms with Crippen LogP contribution in [0.1, 0.15) is 75.6 Å². The van der Waals surface area contributed by atoms with Gasteiger partial charge in [0.15, 0.2) is 6.10 Å². The summed E-state index contributed by atoms with van der Waals surface area (Å²) in [6, 6.07) is 18.2. The van der Waals surface area contributed by atoms with Gasteiger partial charge in [0.2, 0.25) is 0 Å². The van der Waals surface area contributed by atoms with Crippen molar-refractivity contribution in [3.05, 3.63) is 78.4 Å². The van der Waals surface area contributed by atoms with Gasteiger partial charge in [-0.3, -0.25) is 0 Å². The van der Waals surface area contributed by atoms with Crippen LogP contribution in [0.3, 0.4) is 0 Å². The minimum absolute atomic E-state index is 0.0650. The monoisotopic (exact) mass is 950 g/mol. The van der Waals surface area contributed by atoms with Crippen molar-refractivity contribution in [2.75, 3.05) is 13.2 Å². The van der Waals surface area contributed by atoms with Crippen molar-refractivity contribution in [1.29, 1.82) is 0 Å². The van der Waals surface area contributed by atoms with E-state index < -0.39 is 78.7 Å². The zero-order chi connectivity index (χ0) is 48.6. The second-order valence-corrected chi connectivity index (χ2v) is 14.3. The van der Waals surface area contributed by atoms with E-state index in [2.05, 4.69) is 11.7 Å². The summed E-state index contributed by atoms with van der Waals surface area (Å²) in [4.78, 5) is 24.9. The lowest BCUT2D eigenvalue weighted by atomic mass is 9.88. The van der Waals surface area contributed by atoms with Gasteiger partial charge in [-0.1, -0.05) is 69.7 Å². The van der Waals surface area contributed by atoms with Gasteiger partial charge in [-0.15, -0.1) is 0 Å². The fraction of sp³-hybridized carbons (Fsp3) is 0.512. The summed E-state index contributed by atoms with van der Waals surface area (Å²) in [5, 5.41) is 0. The number of rotatable bonds is 24. The summed E-state index contributed by atoms with van der Waals surface area (Å²) < 4.78 is 249. The van der Waals surface area contributed by atoms with Crippen LogP contribution in [-0.2, 0) is 9.53 Å². The number of hydrogen-bond donors (Lipinski definition) is 0. The summed E-state index contributed by atoms with van der Waals surface area (Å²) in [5.74, 6) is -59.5. The fourth-order valence-corrected chi connectivity index (χ4v) is 5.55. The number of esters is 2. The number of ether oxygens (including phenoxy) is 4. The van der Waals surface area contributed by atoms with E-state index in [1.54, 1.807) is 12.1 Å². The first-order valence-electron chi connectivity index (χ1n) is 19.1. The van der Waals surface area contributed by atoms with Gasteiger partial charge >= 0.3 is 59.6 Å². The third-order valence-corrected chi connectivity index (χ3v) is 9.45. The molecule has 0 amide bonds. The predicted molar refractivity (Wildman–Crippen MR) is 193 cm³/mol. The molecule has 3 aromatic carbocycles. The lowest BCUT2D eigenvalue weighted by Crippen LogP contribution is -2.74. The van der Waals surface area contributed by atoms with Crippen molar-refractivity contribution >= 4 is 11.9 Å². The summed E-state index contributed by atoms with van der Waals surface area (Å²) in [7, 11) is 0. The van der Waals surface area contributed by atoms with Crippen LogP contribution in [0, 0.1) is 0 Å². The van der Waals surface area contributed by atoms with Crippen LogP contribution < -0.4 is 14.2 Å². The van der Waals surface area contributed by atoms with E-state index in [1.165, 1.54) is 44.2 Å². The van der Waals surface area contributed by atoms with E-state index in [-0.39, 0.29) is 17.1 Å². The Kier molecular flexibility index (Phi) is 17.0. The van der Waals surface area contributed by atoms with E-state index in [0.29, 0.717) is 12.4 Å². The average molecular weight is 951 g/mol. The third-order valence-electron chi connectivity index (χ3n) is 9.45. The molecule has 0 aromatic heterocycles. The molecule has 3 aromatic rings. The molecule has 0 aliphatic heterocycles. The molecule has 0 heterocycles. The quantitative estimate of drug-likeness (QED) is 0.0386. The minimum atomic E-state index is -8.75. The number of carbonyl (C=O) groups excluding carboxylic acids is 2. The van der Waals surface area contributed by atoms with Gasteiger partial charge in [0.05, 0.1) is 25.2 Å². The van der Waals surface area contributed by atoms with Gasteiger partial charge in [-0.05, 0) is 73.0 Å². The van der Waals surface area contributed by atoms with Gasteiger partial charge in [0.25, 0.3) is 0 Å². The van der Waals surface area contributed by atoms with Crippen LogP contribution in [0.4, 0.5) is 74.6 Å². The Morgan fingerprint density at radius 3 is 1.42 bits per heavy atom. The molecule has 1 atom stereocenters. The van der Waals surface area contributed by atoms with Crippen molar-refractivity contribution in [2.24, 2.45) is 0 Å². The van der Waals surface area contributed by atoms with Crippen molar-refractivity contribution in [2.45, 2.75) is 119 Å². The maximum absolute atomic E-state index is 14.2. The van der Waals surface area contributed by atoms with Gasteiger partial charge < -0.3 is 18.9 Å². The first-order chi connectivity index (χ1) is 29.4. The predicted octanol–water partition coefficient (Wildman–Crippen LogP) is 13.4. The lowest BCUT2D eigenvalue weighted by molar-refractivity contribution is -0.461. The van der Waals surface area contributed by atoms with Crippen LogP contribution in [0.5, 0.6) is 17.2 Å². The Hall–Kier alpha value is -4.99. The standard InChI is InChI=1S/C41H39F17O6/c1-3-4-5-6-7-8-9-23-61-29-16-14-27(15-17-29)26-10-12-28(13-11-26)33(60)64-31-20-18-30(19-21-31)63-25(2)32(59)62-24-22-34(42,43)35(44,45)36(46,47)37(48,49)38(50,51)39(52,53)40(54,55)41(56,57)58/h10-21,25H,3-9,22-24H2,1-2H3/t25-/m0/s1. The molecule has 0 aliphatic rings. The number of carbonyl (C=O) groups is 2. The second-order valence-electron chi connectivity index (χ2n) is 14.3. The SMILES string of the molecule is CCCCCCCCCOc1ccc(-c2ccc(C(=O)Oc3ccc(O[C@@H](C)C(=O)OCCC(F)(F)C(F)(F)C(F)(F)C(F)(F)C(F)(F)C(F)(F)C(F)(F)C(F)(F)F)cc3)cc2)cc1. The molecule has 0 aliphatic carbocycles. The van der Waals surface area contributed by atoms with Crippen molar-refractivity contribution in [3.63, 3.8) is 0 Å². The summed E-state index contributed by atoms with van der Waals surface area (Å²) in [5.41, 5.74) is 1.76. The normalized spacial score (nSPS) is 13.9. The molecule has 23 heteroatoms. The maximum Gasteiger partial charge on any atom is 0.460 e. The molecule has 0 saturated carbocycles. The molecule has 64 heavy (non-hydrogen) atoms. The Bertz CT molecular complexity index is 1970. The van der Waals surface area contributed by atoms with E-state index in [0.717, 1.165) is 55.2 Å². The molecule has 0 radical (unpaired) electrons. The molecular formula is C41H39F17O6. The maximum atomic E-state index is 14.2. The van der Waals surface area contributed by atoms with E-state index >= 15 is 0 Å². The lowest BCUT2D eigenvalue weighted by Gasteiger charge is -2.42. The molecule has 0 fully saturated rings. The largest absolute Gasteiger partial charge is 0.494 e. The van der Waals surface area contributed by atoms with Crippen LogP contribution in [0.2, 0.25) is 0 Å². The molecule has 0 N–H and O–H groups in total. The van der Waals surface area contributed by atoms with Gasteiger partial charge in [0, 0.05) is 0 Å². The minimum Gasteiger partial charge on any atom is -0.494 e. The molecule has 0 spiro atoms. The Morgan fingerprint density at radius 2 is 0.922 bits per heavy atom. The highest BCUT2D eigenvalue weighted by Gasteiger charge is 2.95. The van der Waals surface area contributed by atoms with Crippen LogP contribution in [0.15, 0.2) is 72.8 Å². The molecule has 3 rings (SSSR count). The third kappa shape index (κ3) is 11.4. The number of hydrogen-bond acceptors (Lipinski definition) is 6. The molecule has 358 valence electrons. The van der Waals surface area contributed by atoms with Crippen molar-refractivity contribution in [1.82, 2.24) is 0 Å². The summed E-state index contributed by atoms with van der Waals surface area (Å²) in [6.07, 6.45) is -4.58. The van der Waals surface area contributed by atoms with Gasteiger partial charge in [-0.25, -0.2) is 9.59 Å². The molecule has 0 unspecified atom stereocenters. The Labute approximate surface area is 354 Å². The second kappa shape index (κ2) is 20.5. The van der Waals surface area contributed by atoms with E-state index in [1.807, 2.05) is 24.3 Å². The molecular weight excluding hydrogens is 911 g/mol. The Balaban J connectivity index is 1.52. The highest BCUT2D eigenvalue weighted by Crippen LogP contribution is 2.64. The van der Waals surface area contributed by atoms with Crippen LogP contribution in [-0.4, -0.2) is 78.9 Å². The summed E-state index contributed by atoms with van der Waals surface area (Å²) >= 11 is 0.